The Bertz CT molecular complexity index is 335. The molecule has 1 heterocycles. The molecule has 6 heteroatoms. The van der Waals surface area contributed by atoms with Gasteiger partial charge in [-0.05, 0) is 12.1 Å². The summed E-state index contributed by atoms with van der Waals surface area (Å²) in [6, 6.07) is 3.08. The third-order valence-electron chi connectivity index (χ3n) is 1.69. The van der Waals surface area contributed by atoms with Gasteiger partial charge >= 0.3 is 7.60 Å². The van der Waals surface area contributed by atoms with E-state index in [0.29, 0.717) is 0 Å². The molecule has 78 valence electrons. The molecule has 0 bridgehead atoms. The maximum absolute atomic E-state index is 11.5. The second-order valence-corrected chi connectivity index (χ2v) is 4.80. The Morgan fingerprint density at radius 3 is 2.57 bits per heavy atom. The van der Waals surface area contributed by atoms with Gasteiger partial charge in [0.15, 0.2) is 5.76 Å². The molecule has 1 aromatic heterocycles. The molecular formula is C8H11O5P. The number of hydrogen-bond donors (Lipinski definition) is 0. The van der Waals surface area contributed by atoms with Gasteiger partial charge in [-0.3, -0.25) is 9.36 Å². The minimum Gasteiger partial charge on any atom is -0.461 e. The van der Waals surface area contributed by atoms with E-state index in [4.69, 9.17) is 4.42 Å². The number of hydrogen-bond acceptors (Lipinski definition) is 5. The lowest BCUT2D eigenvalue weighted by Gasteiger charge is -2.11. The molecule has 0 aromatic carbocycles. The highest BCUT2D eigenvalue weighted by Gasteiger charge is 2.27. The molecule has 14 heavy (non-hydrogen) atoms. The molecule has 0 unspecified atom stereocenters. The zero-order valence-electron chi connectivity index (χ0n) is 7.93. The highest BCUT2D eigenvalue weighted by molar-refractivity contribution is 7.54. The van der Waals surface area contributed by atoms with Gasteiger partial charge in [-0.15, -0.1) is 0 Å². The summed E-state index contributed by atoms with van der Waals surface area (Å²) in [7, 11) is -0.816. The fraction of sp³-hybridized carbons (Fsp3) is 0.375. The fourth-order valence-corrected chi connectivity index (χ4v) is 1.81. The van der Waals surface area contributed by atoms with Crippen LogP contribution in [0, 0.1) is 0 Å². The van der Waals surface area contributed by atoms with E-state index in [1.165, 1.54) is 26.5 Å². The van der Waals surface area contributed by atoms with Crippen molar-refractivity contribution >= 4 is 13.4 Å². The first-order chi connectivity index (χ1) is 6.61. The van der Waals surface area contributed by atoms with E-state index >= 15 is 0 Å². The number of furan rings is 1. The molecule has 0 saturated carbocycles. The van der Waals surface area contributed by atoms with Gasteiger partial charge in [0, 0.05) is 14.2 Å². The Kier molecular flexibility index (Phi) is 3.63. The van der Waals surface area contributed by atoms with Gasteiger partial charge in [-0.1, -0.05) is 0 Å². The second-order valence-electron chi connectivity index (χ2n) is 2.53. The Labute approximate surface area is 81.5 Å². The summed E-state index contributed by atoms with van der Waals surface area (Å²) in [5, 5.41) is 0. The maximum atomic E-state index is 11.5. The highest BCUT2D eigenvalue weighted by atomic mass is 31.2. The van der Waals surface area contributed by atoms with Crippen molar-refractivity contribution < 1.29 is 22.8 Å². The SMILES string of the molecule is COP(=O)(CC(=O)c1ccco1)OC. The minimum absolute atomic E-state index is 0.152. The van der Waals surface area contributed by atoms with Crippen molar-refractivity contribution in [3.63, 3.8) is 0 Å². The smallest absolute Gasteiger partial charge is 0.338 e. The molecule has 0 atom stereocenters. The van der Waals surface area contributed by atoms with Crippen LogP contribution in [0.25, 0.3) is 0 Å². The van der Waals surface area contributed by atoms with E-state index in [2.05, 4.69) is 9.05 Å². The lowest BCUT2D eigenvalue weighted by atomic mass is 10.3. The lowest BCUT2D eigenvalue weighted by Crippen LogP contribution is -2.07. The Morgan fingerprint density at radius 1 is 1.50 bits per heavy atom. The molecule has 0 aliphatic rings. The monoisotopic (exact) mass is 218 g/mol. The molecule has 0 N–H and O–H groups in total. The first kappa shape index (κ1) is 11.2. The van der Waals surface area contributed by atoms with Crippen LogP contribution in [0.5, 0.6) is 0 Å². The first-order valence-electron chi connectivity index (χ1n) is 3.88. The molecule has 1 aromatic rings. The Hall–Kier alpha value is -0.900. The molecule has 0 radical (unpaired) electrons. The first-order valence-corrected chi connectivity index (χ1v) is 5.61. The molecule has 0 aliphatic carbocycles. The van der Waals surface area contributed by atoms with Crippen molar-refractivity contribution in [2.45, 2.75) is 0 Å². The summed E-state index contributed by atoms with van der Waals surface area (Å²) >= 11 is 0. The van der Waals surface area contributed by atoms with Crippen LogP contribution in [0.2, 0.25) is 0 Å². The van der Waals surface area contributed by atoms with E-state index in [0.717, 1.165) is 0 Å². The molecule has 1 rings (SSSR count). The molecule has 0 amide bonds. The van der Waals surface area contributed by atoms with Crippen LogP contribution in [0.15, 0.2) is 22.8 Å². The third-order valence-corrected chi connectivity index (χ3v) is 3.48. The predicted molar refractivity (Wildman–Crippen MR) is 49.5 cm³/mol. The van der Waals surface area contributed by atoms with Crippen LogP contribution in [0.4, 0.5) is 0 Å². The molecule has 0 spiro atoms. The summed E-state index contributed by atoms with van der Waals surface area (Å²) in [6.45, 7) is 0. The van der Waals surface area contributed by atoms with Crippen LogP contribution in [-0.4, -0.2) is 26.2 Å². The standard InChI is InChI=1S/C8H11O5P/c1-11-14(10,12-2)6-7(9)8-4-3-5-13-8/h3-5H,6H2,1-2H3. The lowest BCUT2D eigenvalue weighted by molar-refractivity contribution is 0.0982. The van der Waals surface area contributed by atoms with Crippen LogP contribution in [-0.2, 0) is 13.6 Å². The molecule has 0 aliphatic heterocycles. The van der Waals surface area contributed by atoms with E-state index in [-0.39, 0.29) is 11.9 Å². The van der Waals surface area contributed by atoms with E-state index < -0.39 is 13.4 Å². The van der Waals surface area contributed by atoms with Crippen molar-refractivity contribution in [1.29, 1.82) is 0 Å². The molecular weight excluding hydrogens is 207 g/mol. The molecule has 0 saturated heterocycles. The summed E-state index contributed by atoms with van der Waals surface area (Å²) in [4.78, 5) is 11.4. The average Bonchev–Trinajstić information content (AvgIpc) is 2.70. The van der Waals surface area contributed by atoms with Gasteiger partial charge in [0.25, 0.3) is 0 Å². The summed E-state index contributed by atoms with van der Waals surface area (Å²) < 4.78 is 25.7. The van der Waals surface area contributed by atoms with Crippen molar-refractivity contribution in [3.05, 3.63) is 24.2 Å². The quantitative estimate of drug-likeness (QED) is 0.558. The number of carbonyl (C=O) groups is 1. The fourth-order valence-electron chi connectivity index (χ4n) is 0.895. The number of carbonyl (C=O) groups excluding carboxylic acids is 1. The summed E-state index contributed by atoms with van der Waals surface area (Å²) in [5.74, 6) is -0.249. The Morgan fingerprint density at radius 2 is 2.14 bits per heavy atom. The number of Topliss-reactive ketones (excluding diaryl/α,β-unsaturated/α-hetero) is 1. The van der Waals surface area contributed by atoms with E-state index in [1.54, 1.807) is 6.07 Å². The van der Waals surface area contributed by atoms with E-state index in [1.807, 2.05) is 0 Å². The highest BCUT2D eigenvalue weighted by Crippen LogP contribution is 2.46. The van der Waals surface area contributed by atoms with Crippen molar-refractivity contribution in [2.24, 2.45) is 0 Å². The predicted octanol–water partition coefficient (Wildman–Crippen LogP) is 1.95. The largest absolute Gasteiger partial charge is 0.461 e. The van der Waals surface area contributed by atoms with Crippen molar-refractivity contribution in [1.82, 2.24) is 0 Å². The van der Waals surface area contributed by atoms with E-state index in [9.17, 15) is 9.36 Å². The van der Waals surface area contributed by atoms with Gasteiger partial charge in [0.05, 0.1) is 6.26 Å². The summed E-state index contributed by atoms with van der Waals surface area (Å²) in [6.07, 6.45) is 1.06. The van der Waals surface area contributed by atoms with Crippen LogP contribution in [0.3, 0.4) is 0 Å². The van der Waals surface area contributed by atoms with Gasteiger partial charge in [0.2, 0.25) is 5.78 Å². The Balaban J connectivity index is 2.70. The zero-order valence-corrected chi connectivity index (χ0v) is 8.82. The van der Waals surface area contributed by atoms with Crippen LogP contribution >= 0.6 is 7.60 Å². The second kappa shape index (κ2) is 4.55. The number of ketones is 1. The van der Waals surface area contributed by atoms with Crippen LogP contribution < -0.4 is 0 Å². The molecule has 5 nitrogen and oxygen atoms in total. The van der Waals surface area contributed by atoms with Gasteiger partial charge in [0.1, 0.15) is 6.16 Å². The van der Waals surface area contributed by atoms with Crippen molar-refractivity contribution in [3.8, 4) is 0 Å². The zero-order chi connectivity index (χ0) is 10.6. The average molecular weight is 218 g/mol. The van der Waals surface area contributed by atoms with Crippen molar-refractivity contribution in [2.75, 3.05) is 20.4 Å². The maximum Gasteiger partial charge on any atom is 0.338 e. The van der Waals surface area contributed by atoms with Gasteiger partial charge < -0.3 is 13.5 Å². The number of rotatable bonds is 5. The minimum atomic E-state index is -3.29. The van der Waals surface area contributed by atoms with Gasteiger partial charge in [-0.25, -0.2) is 0 Å². The third kappa shape index (κ3) is 2.54. The molecule has 0 fully saturated rings. The topological polar surface area (TPSA) is 65.7 Å². The van der Waals surface area contributed by atoms with Crippen LogP contribution in [0.1, 0.15) is 10.6 Å². The summed E-state index contributed by atoms with van der Waals surface area (Å²) in [5.41, 5.74) is 0. The normalized spacial score (nSPS) is 11.6. The van der Waals surface area contributed by atoms with Gasteiger partial charge in [-0.2, -0.15) is 0 Å².